The van der Waals surface area contributed by atoms with Gasteiger partial charge in [-0.2, -0.15) is 0 Å². The van der Waals surface area contributed by atoms with Gasteiger partial charge in [-0.05, 0) is 36.1 Å². The Balaban J connectivity index is 1.48. The van der Waals surface area contributed by atoms with Crippen molar-refractivity contribution in [2.75, 3.05) is 19.7 Å². The SMILES string of the molecule is CCOC(=O)CCCn1cc(/C=C2\CN(C(c3ccccc3)(c3ccccc3)c3ccccc3)CCC2=O)nn1. The Bertz CT molecular complexity index is 1350. The van der Waals surface area contributed by atoms with Crippen LogP contribution in [0.2, 0.25) is 0 Å². The predicted molar refractivity (Wildman–Crippen MR) is 154 cm³/mol. The average molecular weight is 535 g/mol. The average Bonchev–Trinajstić information content (AvgIpc) is 3.44. The number of piperidine rings is 1. The third-order valence-corrected chi connectivity index (χ3v) is 7.33. The number of likely N-dealkylation sites (tertiary alicyclic amines) is 1. The predicted octanol–water partition coefficient (Wildman–Crippen LogP) is 5.27. The molecule has 2 heterocycles. The number of Topliss-reactive ketones (excluding diaryl/α,β-unsaturated/α-hetero) is 1. The highest BCUT2D eigenvalue weighted by molar-refractivity contribution is 6.00. The van der Waals surface area contributed by atoms with E-state index in [1.165, 1.54) is 0 Å². The molecule has 7 nitrogen and oxygen atoms in total. The van der Waals surface area contributed by atoms with E-state index in [1.807, 2.05) is 30.5 Å². The van der Waals surface area contributed by atoms with Crippen LogP contribution < -0.4 is 0 Å². The monoisotopic (exact) mass is 534 g/mol. The fourth-order valence-corrected chi connectivity index (χ4v) is 5.55. The van der Waals surface area contributed by atoms with Crippen LogP contribution in [-0.4, -0.2) is 51.3 Å². The molecule has 0 aliphatic carbocycles. The van der Waals surface area contributed by atoms with Crippen molar-refractivity contribution in [1.82, 2.24) is 19.9 Å². The summed E-state index contributed by atoms with van der Waals surface area (Å²) in [4.78, 5) is 27.2. The summed E-state index contributed by atoms with van der Waals surface area (Å²) in [5, 5.41) is 8.50. The van der Waals surface area contributed by atoms with Crippen LogP contribution in [0.15, 0.2) is 103 Å². The van der Waals surface area contributed by atoms with Gasteiger partial charge in [0.1, 0.15) is 5.69 Å². The first-order valence-electron chi connectivity index (χ1n) is 13.8. The highest BCUT2D eigenvalue weighted by Crippen LogP contribution is 2.43. The lowest BCUT2D eigenvalue weighted by Gasteiger charge is -2.47. The van der Waals surface area contributed by atoms with Gasteiger partial charge in [0, 0.05) is 38.0 Å². The van der Waals surface area contributed by atoms with E-state index < -0.39 is 5.54 Å². The van der Waals surface area contributed by atoms with E-state index in [4.69, 9.17) is 4.74 Å². The Morgan fingerprint density at radius 1 is 0.925 bits per heavy atom. The highest BCUT2D eigenvalue weighted by Gasteiger charge is 2.44. The first-order valence-corrected chi connectivity index (χ1v) is 13.8. The van der Waals surface area contributed by atoms with E-state index >= 15 is 0 Å². The quantitative estimate of drug-likeness (QED) is 0.157. The summed E-state index contributed by atoms with van der Waals surface area (Å²) in [7, 11) is 0. The summed E-state index contributed by atoms with van der Waals surface area (Å²) in [5.41, 5.74) is 4.19. The van der Waals surface area contributed by atoms with Crippen LogP contribution in [0.3, 0.4) is 0 Å². The zero-order valence-corrected chi connectivity index (χ0v) is 22.8. The molecule has 0 saturated carbocycles. The smallest absolute Gasteiger partial charge is 0.305 e. The van der Waals surface area contributed by atoms with E-state index in [-0.39, 0.29) is 11.8 Å². The zero-order valence-electron chi connectivity index (χ0n) is 22.8. The fraction of sp³-hybridized carbons (Fsp3) is 0.273. The number of benzene rings is 3. The van der Waals surface area contributed by atoms with Gasteiger partial charge in [0.15, 0.2) is 5.78 Å². The van der Waals surface area contributed by atoms with Crippen LogP contribution in [0.25, 0.3) is 6.08 Å². The molecule has 3 aromatic carbocycles. The summed E-state index contributed by atoms with van der Waals surface area (Å²) < 4.78 is 6.70. The summed E-state index contributed by atoms with van der Waals surface area (Å²) in [6.07, 6.45) is 5.03. The number of nitrogens with zero attached hydrogens (tertiary/aromatic N) is 4. The molecule has 7 heteroatoms. The molecule has 204 valence electrons. The Labute approximate surface area is 235 Å². The zero-order chi connectivity index (χ0) is 27.8. The minimum atomic E-state index is -0.589. The van der Waals surface area contributed by atoms with Crippen molar-refractivity contribution in [3.8, 4) is 0 Å². The second kappa shape index (κ2) is 12.7. The van der Waals surface area contributed by atoms with Crippen molar-refractivity contribution in [2.24, 2.45) is 0 Å². The Morgan fingerprint density at radius 2 is 1.50 bits per heavy atom. The van der Waals surface area contributed by atoms with E-state index in [0.717, 1.165) is 16.7 Å². The maximum atomic E-state index is 13.2. The summed E-state index contributed by atoms with van der Waals surface area (Å²) in [6, 6.07) is 31.5. The molecule has 0 atom stereocenters. The molecule has 1 fully saturated rings. The molecule has 40 heavy (non-hydrogen) atoms. The molecule has 4 aromatic rings. The number of hydrogen-bond donors (Lipinski definition) is 0. The maximum Gasteiger partial charge on any atom is 0.305 e. The van der Waals surface area contributed by atoms with Crippen molar-refractivity contribution in [1.29, 1.82) is 0 Å². The van der Waals surface area contributed by atoms with Crippen LogP contribution in [0.1, 0.15) is 48.6 Å². The molecule has 1 saturated heterocycles. The molecular weight excluding hydrogens is 500 g/mol. The lowest BCUT2D eigenvalue weighted by Crippen LogP contribution is -2.52. The first-order chi connectivity index (χ1) is 19.6. The number of carbonyl (C=O) groups excluding carboxylic acids is 2. The van der Waals surface area contributed by atoms with Gasteiger partial charge in [0.05, 0.1) is 18.3 Å². The van der Waals surface area contributed by atoms with Crippen molar-refractivity contribution >= 4 is 17.8 Å². The number of aryl methyl sites for hydroxylation is 1. The van der Waals surface area contributed by atoms with Gasteiger partial charge in [-0.1, -0.05) is 96.2 Å². The van der Waals surface area contributed by atoms with Gasteiger partial charge in [0.2, 0.25) is 0 Å². The fourth-order valence-electron chi connectivity index (χ4n) is 5.55. The number of hydrogen-bond acceptors (Lipinski definition) is 6. The van der Waals surface area contributed by atoms with Crippen LogP contribution in [0, 0.1) is 0 Å². The number of rotatable bonds is 10. The summed E-state index contributed by atoms with van der Waals surface area (Å²) >= 11 is 0. The standard InChI is InChI=1S/C33H34N4O3/c1-2-40-32(39)19-12-21-37-25-30(34-35-37)23-26-24-36(22-20-31(26)38)33(27-13-6-3-7-14-27,28-15-8-4-9-16-28)29-17-10-5-11-18-29/h3-11,13-18,23,25H,2,12,19-22,24H2,1H3/b26-23+. The van der Waals surface area contributed by atoms with E-state index in [0.29, 0.717) is 56.8 Å². The van der Waals surface area contributed by atoms with Gasteiger partial charge in [-0.25, -0.2) is 0 Å². The van der Waals surface area contributed by atoms with Crippen molar-refractivity contribution < 1.29 is 14.3 Å². The second-order valence-electron chi connectivity index (χ2n) is 9.89. The summed E-state index contributed by atoms with van der Waals surface area (Å²) in [5.74, 6) is -0.0900. The molecular formula is C33H34N4O3. The topological polar surface area (TPSA) is 77.3 Å². The maximum absolute atomic E-state index is 13.2. The molecule has 1 aromatic heterocycles. The Kier molecular flexibility index (Phi) is 8.62. The molecule has 0 N–H and O–H groups in total. The Hall–Kier alpha value is -4.36. The molecule has 0 radical (unpaired) electrons. The van der Waals surface area contributed by atoms with Gasteiger partial charge in [0.25, 0.3) is 0 Å². The molecule has 1 aliphatic rings. The summed E-state index contributed by atoms with van der Waals surface area (Å²) in [6.45, 7) is 3.81. The normalized spacial score (nSPS) is 15.3. The van der Waals surface area contributed by atoms with Crippen LogP contribution in [0.5, 0.6) is 0 Å². The van der Waals surface area contributed by atoms with Gasteiger partial charge in [-0.15, -0.1) is 5.10 Å². The van der Waals surface area contributed by atoms with Gasteiger partial charge < -0.3 is 4.74 Å². The molecule has 0 bridgehead atoms. The molecule has 5 rings (SSSR count). The van der Waals surface area contributed by atoms with Gasteiger partial charge >= 0.3 is 5.97 Å². The third kappa shape index (κ3) is 5.80. The highest BCUT2D eigenvalue weighted by atomic mass is 16.5. The molecule has 1 aliphatic heterocycles. The van der Waals surface area contributed by atoms with Crippen LogP contribution in [-0.2, 0) is 26.4 Å². The van der Waals surface area contributed by atoms with Crippen molar-refractivity contribution in [2.45, 2.75) is 38.3 Å². The van der Waals surface area contributed by atoms with Gasteiger partial charge in [-0.3, -0.25) is 19.2 Å². The second-order valence-corrected chi connectivity index (χ2v) is 9.89. The lowest BCUT2D eigenvalue weighted by atomic mass is 9.74. The van der Waals surface area contributed by atoms with E-state index in [2.05, 4.69) is 88.0 Å². The number of aromatic nitrogens is 3. The number of carbonyl (C=O) groups is 2. The number of ketones is 1. The Morgan fingerprint density at radius 3 is 2.05 bits per heavy atom. The van der Waals surface area contributed by atoms with Crippen molar-refractivity contribution in [3.05, 3.63) is 125 Å². The first kappa shape index (κ1) is 27.2. The largest absolute Gasteiger partial charge is 0.466 e. The number of ether oxygens (including phenoxy) is 1. The number of esters is 1. The van der Waals surface area contributed by atoms with Crippen LogP contribution in [0.4, 0.5) is 0 Å². The minimum absolute atomic E-state index is 0.121. The van der Waals surface area contributed by atoms with E-state index in [1.54, 1.807) is 11.6 Å². The molecule has 0 spiro atoms. The van der Waals surface area contributed by atoms with Crippen molar-refractivity contribution in [3.63, 3.8) is 0 Å². The molecule has 0 amide bonds. The molecule has 0 unspecified atom stereocenters. The lowest BCUT2D eigenvalue weighted by molar-refractivity contribution is -0.143. The van der Waals surface area contributed by atoms with E-state index in [9.17, 15) is 9.59 Å². The minimum Gasteiger partial charge on any atom is -0.466 e. The van der Waals surface area contributed by atoms with Crippen LogP contribution >= 0.6 is 0 Å². The third-order valence-electron chi connectivity index (χ3n) is 7.33.